The van der Waals surface area contributed by atoms with Crippen molar-refractivity contribution in [2.75, 3.05) is 0 Å². The van der Waals surface area contributed by atoms with Crippen molar-refractivity contribution in [3.63, 3.8) is 0 Å². The molecule has 2 atom stereocenters. The number of hydrogen-bond donors (Lipinski definition) is 2. The van der Waals surface area contributed by atoms with Crippen LogP contribution >= 0.6 is 31.9 Å². The molecule has 0 aromatic heterocycles. The molecule has 0 amide bonds. The molecule has 0 aromatic carbocycles. The van der Waals surface area contributed by atoms with Crippen LogP contribution in [0.15, 0.2) is 0 Å². The highest BCUT2D eigenvalue weighted by atomic mass is 79.9. The van der Waals surface area contributed by atoms with E-state index in [1.165, 1.54) is 0 Å². The quantitative estimate of drug-likeness (QED) is 0.607. The Balaban J connectivity index is 4.52. The lowest BCUT2D eigenvalue weighted by molar-refractivity contribution is -0.154. The molecule has 0 aliphatic carbocycles. The SMILES string of the molecule is CC(Br)C(Br)C(C(=O)O)C(=O)O. The molecule has 0 rings (SSSR count). The van der Waals surface area contributed by atoms with Crippen molar-refractivity contribution >= 4 is 43.8 Å². The van der Waals surface area contributed by atoms with E-state index in [1.807, 2.05) is 0 Å². The summed E-state index contributed by atoms with van der Waals surface area (Å²) in [6, 6.07) is 0. The van der Waals surface area contributed by atoms with Crippen molar-refractivity contribution < 1.29 is 19.8 Å². The number of carbonyl (C=O) groups is 2. The van der Waals surface area contributed by atoms with E-state index in [2.05, 4.69) is 31.9 Å². The van der Waals surface area contributed by atoms with Crippen LogP contribution in [0.4, 0.5) is 0 Å². The number of alkyl halides is 2. The molecule has 0 bridgehead atoms. The molecular formula is C6H8Br2O4. The van der Waals surface area contributed by atoms with E-state index >= 15 is 0 Å². The van der Waals surface area contributed by atoms with Gasteiger partial charge in [-0.25, -0.2) is 0 Å². The zero-order valence-electron chi connectivity index (χ0n) is 6.20. The topological polar surface area (TPSA) is 74.6 Å². The average molecular weight is 304 g/mol. The minimum Gasteiger partial charge on any atom is -0.481 e. The lowest BCUT2D eigenvalue weighted by Gasteiger charge is -2.16. The van der Waals surface area contributed by atoms with Gasteiger partial charge < -0.3 is 10.2 Å². The van der Waals surface area contributed by atoms with Crippen LogP contribution in [0.5, 0.6) is 0 Å². The third-order valence-corrected chi connectivity index (χ3v) is 3.89. The highest BCUT2D eigenvalue weighted by molar-refractivity contribution is 9.12. The predicted octanol–water partition coefficient (Wildman–Crippen LogP) is 1.32. The van der Waals surface area contributed by atoms with E-state index in [9.17, 15) is 9.59 Å². The number of carboxylic acids is 2. The lowest BCUT2D eigenvalue weighted by Crippen LogP contribution is -2.35. The molecule has 0 saturated carbocycles. The molecule has 12 heavy (non-hydrogen) atoms. The van der Waals surface area contributed by atoms with Crippen LogP contribution in [0.3, 0.4) is 0 Å². The van der Waals surface area contributed by atoms with Gasteiger partial charge in [-0.05, 0) is 0 Å². The zero-order chi connectivity index (χ0) is 9.89. The summed E-state index contributed by atoms with van der Waals surface area (Å²) in [5, 5.41) is 17.1. The van der Waals surface area contributed by atoms with Crippen LogP contribution in [-0.4, -0.2) is 31.8 Å². The number of carboxylic acid groups (broad SMARTS) is 2. The summed E-state index contributed by atoms with van der Waals surface area (Å²) in [6.45, 7) is 1.68. The van der Waals surface area contributed by atoms with Crippen LogP contribution in [0.1, 0.15) is 6.92 Å². The third-order valence-electron chi connectivity index (χ3n) is 1.29. The van der Waals surface area contributed by atoms with Gasteiger partial charge in [0, 0.05) is 4.83 Å². The third kappa shape index (κ3) is 3.10. The lowest BCUT2D eigenvalue weighted by atomic mass is 10.0. The Labute approximate surface area is 86.2 Å². The van der Waals surface area contributed by atoms with E-state index < -0.39 is 22.7 Å². The number of halogens is 2. The standard InChI is InChI=1S/C6H8Br2O4/c1-2(7)4(8)3(5(9)10)6(11)12/h2-4H,1H3,(H,9,10)(H,11,12). The van der Waals surface area contributed by atoms with Crippen molar-refractivity contribution in [1.82, 2.24) is 0 Å². The molecule has 2 N–H and O–H groups in total. The molecule has 0 aliphatic heterocycles. The van der Waals surface area contributed by atoms with Crippen LogP contribution in [0, 0.1) is 5.92 Å². The summed E-state index contributed by atoms with van der Waals surface area (Å²) >= 11 is 6.10. The average Bonchev–Trinajstić information content (AvgIpc) is 1.85. The minimum absolute atomic E-state index is 0.213. The molecular weight excluding hydrogens is 296 g/mol. The van der Waals surface area contributed by atoms with Gasteiger partial charge in [0.15, 0.2) is 5.92 Å². The molecule has 0 fully saturated rings. The van der Waals surface area contributed by atoms with E-state index in [1.54, 1.807) is 6.92 Å². The maximum absolute atomic E-state index is 10.5. The Morgan fingerprint density at radius 2 is 1.50 bits per heavy atom. The van der Waals surface area contributed by atoms with Crippen LogP contribution in [0.2, 0.25) is 0 Å². The van der Waals surface area contributed by atoms with Gasteiger partial charge in [0.05, 0.1) is 4.83 Å². The van der Waals surface area contributed by atoms with Crippen LogP contribution in [0.25, 0.3) is 0 Å². The molecule has 0 heterocycles. The fraction of sp³-hybridized carbons (Fsp3) is 0.667. The van der Waals surface area contributed by atoms with E-state index in [0.717, 1.165) is 0 Å². The molecule has 4 nitrogen and oxygen atoms in total. The second-order valence-corrected chi connectivity index (χ2v) is 4.78. The van der Waals surface area contributed by atoms with Gasteiger partial charge in [0.1, 0.15) is 0 Å². The summed E-state index contributed by atoms with van der Waals surface area (Å²) in [4.78, 5) is 20.1. The molecule has 0 aliphatic rings. The molecule has 0 aromatic rings. The van der Waals surface area contributed by atoms with Crippen molar-refractivity contribution in [2.45, 2.75) is 16.6 Å². The van der Waals surface area contributed by atoms with Crippen LogP contribution < -0.4 is 0 Å². The summed E-state index contributed by atoms with van der Waals surface area (Å²) in [5.41, 5.74) is 0. The van der Waals surface area contributed by atoms with Crippen molar-refractivity contribution in [3.8, 4) is 0 Å². The van der Waals surface area contributed by atoms with Crippen molar-refractivity contribution in [1.29, 1.82) is 0 Å². The summed E-state index contributed by atoms with van der Waals surface area (Å²) in [6.07, 6.45) is 0. The maximum atomic E-state index is 10.5. The van der Waals surface area contributed by atoms with Gasteiger partial charge in [0.2, 0.25) is 0 Å². The first-order chi connectivity index (χ1) is 5.37. The molecule has 6 heteroatoms. The first-order valence-electron chi connectivity index (χ1n) is 3.11. The Kier molecular flexibility index (Phi) is 4.77. The fourth-order valence-corrected chi connectivity index (χ4v) is 1.40. The molecule has 2 unspecified atom stereocenters. The second kappa shape index (κ2) is 4.81. The van der Waals surface area contributed by atoms with Gasteiger partial charge >= 0.3 is 11.9 Å². The van der Waals surface area contributed by atoms with Gasteiger partial charge in [-0.2, -0.15) is 0 Å². The molecule has 0 radical (unpaired) electrons. The number of hydrogen-bond acceptors (Lipinski definition) is 2. The largest absolute Gasteiger partial charge is 0.481 e. The molecule has 0 saturated heterocycles. The summed E-state index contributed by atoms with van der Waals surface area (Å²) < 4.78 is 0. The Bertz CT molecular complexity index is 178. The van der Waals surface area contributed by atoms with E-state index in [4.69, 9.17) is 10.2 Å². The van der Waals surface area contributed by atoms with Gasteiger partial charge in [0.25, 0.3) is 0 Å². The monoisotopic (exact) mass is 302 g/mol. The number of aliphatic carboxylic acids is 2. The highest BCUT2D eigenvalue weighted by Gasteiger charge is 2.35. The van der Waals surface area contributed by atoms with E-state index in [0.29, 0.717) is 0 Å². The normalized spacial score (nSPS) is 15.7. The minimum atomic E-state index is -1.42. The van der Waals surface area contributed by atoms with E-state index in [-0.39, 0.29) is 4.83 Å². The second-order valence-electron chi connectivity index (χ2n) is 2.28. The fourth-order valence-electron chi connectivity index (χ4n) is 0.643. The summed E-state index contributed by atoms with van der Waals surface area (Å²) in [7, 11) is 0. The highest BCUT2D eigenvalue weighted by Crippen LogP contribution is 2.22. The van der Waals surface area contributed by atoms with Crippen LogP contribution in [-0.2, 0) is 9.59 Å². The maximum Gasteiger partial charge on any atom is 0.319 e. The summed E-state index contributed by atoms with van der Waals surface area (Å²) in [5.74, 6) is -4.09. The van der Waals surface area contributed by atoms with Crippen molar-refractivity contribution in [2.24, 2.45) is 5.92 Å². The Morgan fingerprint density at radius 3 is 1.58 bits per heavy atom. The molecule has 0 spiro atoms. The first-order valence-corrected chi connectivity index (χ1v) is 4.94. The van der Waals surface area contributed by atoms with Gasteiger partial charge in [-0.3, -0.25) is 9.59 Å². The molecule has 70 valence electrons. The Morgan fingerprint density at radius 1 is 1.17 bits per heavy atom. The number of rotatable bonds is 4. The van der Waals surface area contributed by atoms with Gasteiger partial charge in [-0.1, -0.05) is 38.8 Å². The van der Waals surface area contributed by atoms with Crippen molar-refractivity contribution in [3.05, 3.63) is 0 Å². The van der Waals surface area contributed by atoms with Gasteiger partial charge in [-0.15, -0.1) is 0 Å². The predicted molar refractivity (Wildman–Crippen MR) is 49.9 cm³/mol. The Hall–Kier alpha value is -0.100. The smallest absolute Gasteiger partial charge is 0.319 e. The zero-order valence-corrected chi connectivity index (χ0v) is 9.37. The first kappa shape index (κ1) is 11.9.